The number of Topliss-reactive ketones (excluding diaryl/α,β-unsaturated/α-hetero) is 1. The molecule has 11 nitrogen and oxygen atoms in total. The summed E-state index contributed by atoms with van der Waals surface area (Å²) in [6.45, 7) is 5.52. The lowest BCUT2D eigenvalue weighted by Gasteiger charge is -2.18. The third-order valence-electron chi connectivity index (χ3n) is 8.28. The van der Waals surface area contributed by atoms with Crippen LogP contribution in [0.3, 0.4) is 0 Å². The highest BCUT2D eigenvalue weighted by Gasteiger charge is 2.39. The molecule has 0 bridgehead atoms. The lowest BCUT2D eigenvalue weighted by atomic mass is 9.90. The second-order valence-corrected chi connectivity index (χ2v) is 14.3. The van der Waals surface area contributed by atoms with Gasteiger partial charge in [-0.15, -0.1) is 0 Å². The fourth-order valence-electron chi connectivity index (χ4n) is 5.54. The molecule has 0 saturated heterocycles. The molecular formula is C35H61O11P. The third-order valence-corrected chi connectivity index (χ3v) is 8.76. The standard InChI is InChI=1S/C35H61O11P/c1-4-5-12-18-28(36)22-23-31-30(32(37)24-33(31)38)19-14-10-11-15-20-34(39)44-25-29(26-45-47(41,42)43)46-35(40)21-16-9-7-6-8-13-17-27(2)3/h10,14,22-23,27-32,36-37H,4-9,11-13,15-21,24-26H2,1-3H3,(H2,41,42,43)/b14-10-,23-22+/t28-,29+,30+,31+,32-/m0/s1. The van der Waals surface area contributed by atoms with Crippen LogP contribution in [0.2, 0.25) is 0 Å². The number of phosphoric ester groups is 1. The van der Waals surface area contributed by atoms with Crippen molar-refractivity contribution in [1.29, 1.82) is 0 Å². The normalized spacial score (nSPS) is 20.0. The Morgan fingerprint density at radius 2 is 1.57 bits per heavy atom. The van der Waals surface area contributed by atoms with Gasteiger partial charge in [0.1, 0.15) is 12.4 Å². The van der Waals surface area contributed by atoms with E-state index in [0.29, 0.717) is 38.0 Å². The molecule has 1 aliphatic rings. The summed E-state index contributed by atoms with van der Waals surface area (Å²) in [6.07, 6.45) is 17.4. The van der Waals surface area contributed by atoms with E-state index < -0.39 is 50.6 Å². The van der Waals surface area contributed by atoms with Gasteiger partial charge >= 0.3 is 19.8 Å². The van der Waals surface area contributed by atoms with Gasteiger partial charge in [0.25, 0.3) is 0 Å². The van der Waals surface area contributed by atoms with Crippen LogP contribution in [0, 0.1) is 17.8 Å². The van der Waals surface area contributed by atoms with Gasteiger partial charge in [-0.2, -0.15) is 0 Å². The minimum Gasteiger partial charge on any atom is -0.462 e. The number of allylic oxidation sites excluding steroid dienone is 3. The number of unbranched alkanes of at least 4 members (excludes halogenated alkanes) is 8. The lowest BCUT2D eigenvalue weighted by Crippen LogP contribution is -2.29. The van der Waals surface area contributed by atoms with E-state index >= 15 is 0 Å². The summed E-state index contributed by atoms with van der Waals surface area (Å²) < 4.78 is 26.1. The summed E-state index contributed by atoms with van der Waals surface area (Å²) in [6, 6.07) is 0. The quantitative estimate of drug-likeness (QED) is 0.0320. The summed E-state index contributed by atoms with van der Waals surface area (Å²) in [5, 5.41) is 20.6. The first-order valence-corrected chi connectivity index (χ1v) is 19.1. The number of esters is 2. The number of ether oxygens (including phenoxy) is 2. The minimum absolute atomic E-state index is 0.0336. The number of carbonyl (C=O) groups is 3. The first-order valence-electron chi connectivity index (χ1n) is 17.6. The highest BCUT2D eigenvalue weighted by Crippen LogP contribution is 2.36. The zero-order valence-corrected chi connectivity index (χ0v) is 29.7. The predicted octanol–water partition coefficient (Wildman–Crippen LogP) is 6.51. The lowest BCUT2D eigenvalue weighted by molar-refractivity contribution is -0.161. The van der Waals surface area contributed by atoms with E-state index in [2.05, 4.69) is 25.3 Å². The molecule has 1 rings (SSSR count). The first-order chi connectivity index (χ1) is 22.3. The summed E-state index contributed by atoms with van der Waals surface area (Å²) in [5.74, 6) is -1.12. The zero-order chi connectivity index (χ0) is 35.1. The van der Waals surface area contributed by atoms with Crippen LogP contribution in [0.5, 0.6) is 0 Å². The van der Waals surface area contributed by atoms with Crippen molar-refractivity contribution in [3.63, 3.8) is 0 Å². The Morgan fingerprint density at radius 3 is 2.26 bits per heavy atom. The molecule has 12 heteroatoms. The molecule has 0 radical (unpaired) electrons. The maximum Gasteiger partial charge on any atom is 0.469 e. The van der Waals surface area contributed by atoms with Gasteiger partial charge in [-0.3, -0.25) is 18.9 Å². The molecule has 0 heterocycles. The molecule has 0 unspecified atom stereocenters. The topological polar surface area (TPSA) is 177 Å². The van der Waals surface area contributed by atoms with Crippen LogP contribution in [0.25, 0.3) is 0 Å². The summed E-state index contributed by atoms with van der Waals surface area (Å²) in [4.78, 5) is 55.1. The van der Waals surface area contributed by atoms with E-state index in [1.165, 1.54) is 19.3 Å². The third kappa shape index (κ3) is 22.4. The number of hydrogen-bond acceptors (Lipinski definition) is 9. The van der Waals surface area contributed by atoms with E-state index in [-0.39, 0.29) is 37.6 Å². The Morgan fingerprint density at radius 1 is 0.915 bits per heavy atom. The van der Waals surface area contributed by atoms with Gasteiger partial charge < -0.3 is 29.5 Å². The fraction of sp³-hybridized carbons (Fsp3) is 0.800. The molecule has 272 valence electrons. The molecule has 47 heavy (non-hydrogen) atoms. The van der Waals surface area contributed by atoms with Gasteiger partial charge in [0.15, 0.2) is 6.10 Å². The number of hydrogen-bond donors (Lipinski definition) is 4. The Bertz CT molecular complexity index is 990. The van der Waals surface area contributed by atoms with Gasteiger partial charge in [0.05, 0.1) is 18.8 Å². The number of rotatable bonds is 27. The monoisotopic (exact) mass is 688 g/mol. The molecule has 0 aromatic rings. The van der Waals surface area contributed by atoms with Crippen LogP contribution in [-0.4, -0.2) is 69.2 Å². The molecule has 0 aliphatic heterocycles. The Balaban J connectivity index is 2.40. The summed E-state index contributed by atoms with van der Waals surface area (Å²) in [5.41, 5.74) is 0. The Kier molecular flexibility index (Phi) is 23.1. The molecular weight excluding hydrogens is 627 g/mol. The molecule has 0 spiro atoms. The van der Waals surface area contributed by atoms with Gasteiger partial charge in [-0.05, 0) is 38.0 Å². The van der Waals surface area contributed by atoms with E-state index in [0.717, 1.165) is 38.5 Å². The maximum atomic E-state index is 12.4. The highest BCUT2D eigenvalue weighted by molar-refractivity contribution is 7.46. The van der Waals surface area contributed by atoms with E-state index in [1.54, 1.807) is 12.2 Å². The summed E-state index contributed by atoms with van der Waals surface area (Å²) >= 11 is 0. The van der Waals surface area contributed by atoms with E-state index in [1.807, 2.05) is 12.2 Å². The van der Waals surface area contributed by atoms with Crippen LogP contribution in [-0.2, 0) is 32.9 Å². The fourth-order valence-corrected chi connectivity index (χ4v) is 5.90. The van der Waals surface area contributed by atoms with Gasteiger partial charge in [0, 0.05) is 31.1 Å². The molecule has 1 aliphatic carbocycles. The van der Waals surface area contributed by atoms with Gasteiger partial charge in [-0.25, -0.2) is 4.57 Å². The molecule has 5 atom stereocenters. The average molecular weight is 689 g/mol. The molecule has 1 saturated carbocycles. The number of ketones is 1. The van der Waals surface area contributed by atoms with Crippen molar-refractivity contribution in [2.24, 2.45) is 17.8 Å². The van der Waals surface area contributed by atoms with Crippen LogP contribution in [0.1, 0.15) is 130 Å². The number of aliphatic hydroxyl groups excluding tert-OH is 2. The number of phosphoric acid groups is 1. The average Bonchev–Trinajstić information content (AvgIpc) is 3.27. The first kappa shape index (κ1) is 43.1. The summed E-state index contributed by atoms with van der Waals surface area (Å²) in [7, 11) is -4.81. The van der Waals surface area contributed by atoms with Crippen molar-refractivity contribution in [3.05, 3.63) is 24.3 Å². The number of aliphatic hydroxyl groups is 2. The van der Waals surface area contributed by atoms with E-state index in [9.17, 15) is 29.2 Å². The van der Waals surface area contributed by atoms with Crippen LogP contribution in [0.15, 0.2) is 24.3 Å². The van der Waals surface area contributed by atoms with E-state index in [4.69, 9.17) is 19.3 Å². The van der Waals surface area contributed by atoms with Gasteiger partial charge in [-0.1, -0.05) is 103 Å². The second kappa shape index (κ2) is 25.1. The molecule has 4 N–H and O–H groups in total. The van der Waals surface area contributed by atoms with Crippen molar-refractivity contribution < 1.29 is 52.9 Å². The van der Waals surface area contributed by atoms with Crippen LogP contribution in [0.4, 0.5) is 0 Å². The Hall–Kier alpha value is -1.88. The maximum absolute atomic E-state index is 12.4. The second-order valence-electron chi connectivity index (χ2n) is 13.1. The van der Waals surface area contributed by atoms with Crippen molar-refractivity contribution in [1.82, 2.24) is 0 Å². The van der Waals surface area contributed by atoms with Crippen molar-refractivity contribution in [3.8, 4) is 0 Å². The Labute approximate surface area is 281 Å². The van der Waals surface area contributed by atoms with Crippen molar-refractivity contribution in [2.45, 2.75) is 148 Å². The largest absolute Gasteiger partial charge is 0.469 e. The molecule has 0 amide bonds. The predicted molar refractivity (Wildman–Crippen MR) is 180 cm³/mol. The molecule has 1 fully saturated rings. The van der Waals surface area contributed by atoms with Gasteiger partial charge in [0.2, 0.25) is 0 Å². The van der Waals surface area contributed by atoms with Crippen LogP contribution >= 0.6 is 7.82 Å². The molecule has 0 aromatic heterocycles. The zero-order valence-electron chi connectivity index (χ0n) is 28.8. The van der Waals surface area contributed by atoms with Crippen molar-refractivity contribution in [2.75, 3.05) is 13.2 Å². The minimum atomic E-state index is -4.81. The smallest absolute Gasteiger partial charge is 0.462 e. The number of carbonyl (C=O) groups excluding carboxylic acids is 3. The highest BCUT2D eigenvalue weighted by atomic mass is 31.2. The SMILES string of the molecule is CCCCC[C@H](O)/C=C/[C@H]1C(=O)C[C@H](O)[C@@H]1C/C=C\CCCC(=O)OC[C@H](COP(=O)(O)O)OC(=O)CCCCCCCCC(C)C. The van der Waals surface area contributed by atoms with Crippen molar-refractivity contribution >= 4 is 25.5 Å². The molecule has 0 aromatic carbocycles. The van der Waals surface area contributed by atoms with Crippen LogP contribution < -0.4 is 0 Å².